The van der Waals surface area contributed by atoms with E-state index in [0.29, 0.717) is 10.9 Å². The number of nitro groups is 1. The van der Waals surface area contributed by atoms with Crippen LogP contribution in [-0.2, 0) is 9.59 Å². The standard InChI is InChI=1S/C15H12N6O4S/c22-12(18-9-2-4-10(5-3-9)21(24)25)8-11-13(23)19-15(26-11)20-14-16-6-1-7-17-14/h1-7,11H,8H2,(H,18,22)(H,16,17,19,20,23). The Morgan fingerprint density at radius 1 is 1.31 bits per heavy atom. The lowest BCUT2D eigenvalue weighted by Crippen LogP contribution is -2.28. The summed E-state index contributed by atoms with van der Waals surface area (Å²) in [5.74, 6) is -0.501. The average molecular weight is 372 g/mol. The number of carbonyl (C=O) groups is 2. The summed E-state index contributed by atoms with van der Waals surface area (Å²) in [5.41, 5.74) is 0.341. The van der Waals surface area contributed by atoms with Crippen LogP contribution in [0.4, 0.5) is 17.3 Å². The van der Waals surface area contributed by atoms with Crippen molar-refractivity contribution >= 4 is 46.1 Å². The van der Waals surface area contributed by atoms with E-state index >= 15 is 0 Å². The lowest BCUT2D eigenvalue weighted by Gasteiger charge is -2.07. The van der Waals surface area contributed by atoms with E-state index in [9.17, 15) is 19.7 Å². The molecule has 1 unspecified atom stereocenters. The van der Waals surface area contributed by atoms with Gasteiger partial charge in [-0.05, 0) is 18.2 Å². The number of aromatic nitrogens is 2. The Morgan fingerprint density at radius 2 is 2.00 bits per heavy atom. The number of hydrogen-bond donors (Lipinski definition) is 2. The van der Waals surface area contributed by atoms with Gasteiger partial charge in [0, 0.05) is 36.6 Å². The van der Waals surface area contributed by atoms with E-state index in [2.05, 4.69) is 25.6 Å². The molecule has 1 fully saturated rings. The Morgan fingerprint density at radius 3 is 2.65 bits per heavy atom. The van der Waals surface area contributed by atoms with Gasteiger partial charge in [0.2, 0.25) is 11.8 Å². The van der Waals surface area contributed by atoms with Gasteiger partial charge >= 0.3 is 0 Å². The molecular weight excluding hydrogens is 360 g/mol. The van der Waals surface area contributed by atoms with Gasteiger partial charge in [-0.1, -0.05) is 11.8 Å². The highest BCUT2D eigenvalue weighted by atomic mass is 32.2. The highest BCUT2D eigenvalue weighted by Crippen LogP contribution is 2.24. The zero-order chi connectivity index (χ0) is 18.5. The number of nitro benzene ring substituents is 1. The number of aliphatic imine (C=N–C) groups is 1. The zero-order valence-electron chi connectivity index (χ0n) is 13.2. The third-order valence-electron chi connectivity index (χ3n) is 3.26. The molecule has 1 aliphatic rings. The van der Waals surface area contributed by atoms with Crippen LogP contribution in [0.3, 0.4) is 0 Å². The summed E-state index contributed by atoms with van der Waals surface area (Å²) < 4.78 is 0. The zero-order valence-corrected chi connectivity index (χ0v) is 14.0. The Kier molecular flexibility index (Phi) is 5.17. The minimum absolute atomic E-state index is 0.0673. The number of nitrogens with one attached hydrogen (secondary N) is 2. The molecule has 0 bridgehead atoms. The lowest BCUT2D eigenvalue weighted by molar-refractivity contribution is -0.384. The minimum atomic E-state index is -0.629. The van der Waals surface area contributed by atoms with Crippen molar-refractivity contribution in [1.82, 2.24) is 15.3 Å². The van der Waals surface area contributed by atoms with Crippen LogP contribution in [0.5, 0.6) is 0 Å². The first-order valence-corrected chi connectivity index (χ1v) is 8.27. The molecule has 3 rings (SSSR count). The molecule has 2 N–H and O–H groups in total. The summed E-state index contributed by atoms with van der Waals surface area (Å²) in [4.78, 5) is 46.1. The van der Waals surface area contributed by atoms with Crippen molar-refractivity contribution in [3.8, 4) is 0 Å². The first-order chi connectivity index (χ1) is 12.5. The number of thioether (sulfide) groups is 1. The van der Waals surface area contributed by atoms with E-state index in [1.807, 2.05) is 0 Å². The van der Waals surface area contributed by atoms with Gasteiger partial charge in [0.15, 0.2) is 5.17 Å². The summed E-state index contributed by atoms with van der Waals surface area (Å²) in [6.45, 7) is 0. The molecular formula is C15H12N6O4S. The molecule has 1 saturated heterocycles. The number of rotatable bonds is 5. The molecule has 1 aromatic carbocycles. The average Bonchev–Trinajstić information content (AvgIpc) is 2.95. The van der Waals surface area contributed by atoms with Gasteiger partial charge in [-0.25, -0.2) is 9.97 Å². The number of non-ortho nitro benzene ring substituents is 1. The summed E-state index contributed by atoms with van der Waals surface area (Å²) in [6.07, 6.45) is 2.99. The van der Waals surface area contributed by atoms with Crippen LogP contribution in [0.15, 0.2) is 47.7 Å². The van der Waals surface area contributed by atoms with Gasteiger partial charge < -0.3 is 10.6 Å². The van der Waals surface area contributed by atoms with Crippen molar-refractivity contribution in [3.05, 3.63) is 52.8 Å². The van der Waals surface area contributed by atoms with Crippen LogP contribution < -0.4 is 10.6 Å². The highest BCUT2D eigenvalue weighted by molar-refractivity contribution is 8.15. The first kappa shape index (κ1) is 17.5. The van der Waals surface area contributed by atoms with E-state index < -0.39 is 10.2 Å². The number of amidine groups is 1. The van der Waals surface area contributed by atoms with Gasteiger partial charge in [-0.15, -0.1) is 0 Å². The molecule has 1 aliphatic heterocycles. The van der Waals surface area contributed by atoms with Gasteiger partial charge in [0.25, 0.3) is 11.6 Å². The fraction of sp³-hybridized carbons (Fsp3) is 0.133. The molecule has 10 nitrogen and oxygen atoms in total. The topological polar surface area (TPSA) is 139 Å². The predicted molar refractivity (Wildman–Crippen MR) is 95.0 cm³/mol. The van der Waals surface area contributed by atoms with E-state index in [1.54, 1.807) is 6.07 Å². The summed E-state index contributed by atoms with van der Waals surface area (Å²) >= 11 is 1.12. The number of nitrogens with zero attached hydrogens (tertiary/aromatic N) is 4. The van der Waals surface area contributed by atoms with Crippen LogP contribution in [0.2, 0.25) is 0 Å². The molecule has 2 heterocycles. The maximum absolute atomic E-state index is 12.1. The van der Waals surface area contributed by atoms with Crippen molar-refractivity contribution in [2.24, 2.45) is 4.99 Å². The minimum Gasteiger partial charge on any atom is -0.326 e. The Balaban J connectivity index is 1.58. The second-order valence-electron chi connectivity index (χ2n) is 5.12. The van der Waals surface area contributed by atoms with Crippen LogP contribution in [0.25, 0.3) is 0 Å². The smallest absolute Gasteiger partial charge is 0.269 e. The quantitative estimate of drug-likeness (QED) is 0.600. The summed E-state index contributed by atoms with van der Waals surface area (Å²) in [5, 5.41) is 15.5. The Labute approximate surface area is 151 Å². The van der Waals surface area contributed by atoms with Crippen LogP contribution >= 0.6 is 11.8 Å². The molecule has 11 heteroatoms. The normalized spacial score (nSPS) is 17.8. The Bertz CT molecular complexity index is 871. The fourth-order valence-corrected chi connectivity index (χ4v) is 3.04. The second-order valence-corrected chi connectivity index (χ2v) is 6.31. The molecule has 0 saturated carbocycles. The number of amides is 2. The number of carbonyl (C=O) groups excluding carboxylic acids is 2. The third kappa shape index (κ3) is 4.39. The molecule has 0 aliphatic carbocycles. The number of hydrogen-bond acceptors (Lipinski definition) is 8. The molecule has 26 heavy (non-hydrogen) atoms. The van der Waals surface area contributed by atoms with Crippen LogP contribution in [0.1, 0.15) is 6.42 Å². The van der Waals surface area contributed by atoms with Crippen molar-refractivity contribution in [2.75, 3.05) is 5.32 Å². The highest BCUT2D eigenvalue weighted by Gasteiger charge is 2.32. The van der Waals surface area contributed by atoms with Crippen LogP contribution in [0, 0.1) is 10.1 Å². The molecule has 0 spiro atoms. The summed E-state index contributed by atoms with van der Waals surface area (Å²) in [6, 6.07) is 7.08. The molecule has 2 amide bonds. The van der Waals surface area contributed by atoms with E-state index in [4.69, 9.17) is 0 Å². The van der Waals surface area contributed by atoms with Crippen molar-refractivity contribution in [3.63, 3.8) is 0 Å². The van der Waals surface area contributed by atoms with E-state index in [1.165, 1.54) is 36.7 Å². The van der Waals surface area contributed by atoms with Crippen LogP contribution in [-0.4, -0.2) is 37.1 Å². The van der Waals surface area contributed by atoms with Crippen molar-refractivity contribution < 1.29 is 14.5 Å². The van der Waals surface area contributed by atoms with Gasteiger partial charge in [0.1, 0.15) is 5.25 Å². The SMILES string of the molecule is O=C(CC1S/C(=N\c2ncccn2)NC1=O)Nc1ccc([N+](=O)[O-])cc1. The second kappa shape index (κ2) is 7.70. The fourth-order valence-electron chi connectivity index (χ4n) is 2.08. The molecule has 0 radical (unpaired) electrons. The maximum atomic E-state index is 12.1. The predicted octanol–water partition coefficient (Wildman–Crippen LogP) is 1.63. The van der Waals surface area contributed by atoms with Crippen molar-refractivity contribution in [2.45, 2.75) is 11.7 Å². The summed E-state index contributed by atoms with van der Waals surface area (Å²) in [7, 11) is 0. The first-order valence-electron chi connectivity index (χ1n) is 7.39. The largest absolute Gasteiger partial charge is 0.326 e. The monoisotopic (exact) mass is 372 g/mol. The Hall–Kier alpha value is -3.34. The number of benzene rings is 1. The molecule has 132 valence electrons. The molecule has 1 aromatic heterocycles. The lowest BCUT2D eigenvalue weighted by atomic mass is 10.2. The van der Waals surface area contributed by atoms with Crippen molar-refractivity contribution in [1.29, 1.82) is 0 Å². The molecule has 2 aromatic rings. The van der Waals surface area contributed by atoms with E-state index in [0.717, 1.165) is 11.8 Å². The van der Waals surface area contributed by atoms with Gasteiger partial charge in [-0.3, -0.25) is 19.7 Å². The van der Waals surface area contributed by atoms with Gasteiger partial charge in [-0.2, -0.15) is 4.99 Å². The van der Waals surface area contributed by atoms with Gasteiger partial charge in [0.05, 0.1) is 4.92 Å². The van der Waals surface area contributed by atoms with E-state index in [-0.39, 0.29) is 29.9 Å². The third-order valence-corrected chi connectivity index (χ3v) is 4.34. The maximum Gasteiger partial charge on any atom is 0.269 e. The number of anilines is 1. The molecule has 1 atom stereocenters.